The van der Waals surface area contributed by atoms with Crippen LogP contribution in [0.2, 0.25) is 5.02 Å². The van der Waals surface area contributed by atoms with Gasteiger partial charge in [-0.2, -0.15) is 11.8 Å². The first-order valence-corrected chi connectivity index (χ1v) is 6.97. The molecule has 0 N–H and O–H groups in total. The smallest absolute Gasteiger partial charge is 0.218 e. The number of benzene rings is 1. The van der Waals surface area contributed by atoms with E-state index in [0.29, 0.717) is 12.5 Å². The molecule has 0 saturated heterocycles. The standard InChI is InChI=1S/C12H14ClNOS/c1-8(7-16-2)14-12-11-9(6-15-12)4-3-5-10(11)13/h3-5,8H,6-7H2,1-2H3/t8-/m0/s1. The number of thioether (sulfide) groups is 1. The van der Waals surface area contributed by atoms with Gasteiger partial charge in [-0.05, 0) is 19.2 Å². The molecule has 0 unspecified atom stereocenters. The molecule has 0 spiro atoms. The zero-order valence-corrected chi connectivity index (χ0v) is 10.9. The van der Waals surface area contributed by atoms with Gasteiger partial charge in [0.2, 0.25) is 5.90 Å². The minimum absolute atomic E-state index is 0.257. The number of nitrogens with zero attached hydrogens (tertiary/aromatic N) is 1. The molecule has 0 saturated carbocycles. The van der Waals surface area contributed by atoms with Crippen molar-refractivity contribution in [2.24, 2.45) is 4.99 Å². The maximum atomic E-state index is 6.16. The molecule has 0 amide bonds. The highest BCUT2D eigenvalue weighted by atomic mass is 35.5. The van der Waals surface area contributed by atoms with Crippen LogP contribution < -0.4 is 0 Å². The Morgan fingerprint density at radius 2 is 2.38 bits per heavy atom. The summed E-state index contributed by atoms with van der Waals surface area (Å²) in [5.74, 6) is 1.69. The van der Waals surface area contributed by atoms with E-state index in [1.54, 1.807) is 11.8 Å². The van der Waals surface area contributed by atoms with Crippen molar-refractivity contribution in [3.63, 3.8) is 0 Å². The average Bonchev–Trinajstić information content (AvgIpc) is 2.63. The lowest BCUT2D eigenvalue weighted by Crippen LogP contribution is -2.08. The molecule has 0 fully saturated rings. The third-order valence-corrected chi connectivity index (χ3v) is 3.55. The van der Waals surface area contributed by atoms with Crippen LogP contribution in [0.3, 0.4) is 0 Å². The van der Waals surface area contributed by atoms with Crippen LogP contribution in [-0.2, 0) is 11.3 Å². The third kappa shape index (κ3) is 2.36. The number of aliphatic imine (C=N–C) groups is 1. The van der Waals surface area contributed by atoms with Gasteiger partial charge in [-0.3, -0.25) is 0 Å². The van der Waals surface area contributed by atoms with E-state index in [2.05, 4.69) is 18.2 Å². The van der Waals surface area contributed by atoms with Crippen LogP contribution in [0, 0.1) is 0 Å². The number of halogens is 1. The van der Waals surface area contributed by atoms with E-state index in [0.717, 1.165) is 21.9 Å². The Hall–Kier alpha value is -0.670. The van der Waals surface area contributed by atoms with E-state index in [-0.39, 0.29) is 6.04 Å². The highest BCUT2D eigenvalue weighted by Gasteiger charge is 2.22. The quantitative estimate of drug-likeness (QED) is 0.826. The Kier molecular flexibility index (Phi) is 3.77. The Morgan fingerprint density at radius 3 is 3.12 bits per heavy atom. The maximum absolute atomic E-state index is 6.16. The van der Waals surface area contributed by atoms with Crippen molar-refractivity contribution in [3.05, 3.63) is 34.3 Å². The number of fused-ring (bicyclic) bond motifs is 1. The van der Waals surface area contributed by atoms with Crippen molar-refractivity contribution < 1.29 is 4.74 Å². The van der Waals surface area contributed by atoms with Crippen LogP contribution in [0.4, 0.5) is 0 Å². The molecule has 0 aliphatic carbocycles. The average molecular weight is 256 g/mol. The first-order valence-electron chi connectivity index (χ1n) is 5.19. The van der Waals surface area contributed by atoms with Crippen molar-refractivity contribution in [1.82, 2.24) is 0 Å². The summed E-state index contributed by atoms with van der Waals surface area (Å²) in [4.78, 5) is 4.56. The zero-order chi connectivity index (χ0) is 11.5. The zero-order valence-electron chi connectivity index (χ0n) is 9.37. The molecule has 1 heterocycles. The molecule has 2 nitrogen and oxygen atoms in total. The molecule has 2 rings (SSSR count). The molecule has 1 aliphatic rings. The van der Waals surface area contributed by atoms with Crippen LogP contribution in [0.25, 0.3) is 0 Å². The number of ether oxygens (including phenoxy) is 1. The van der Waals surface area contributed by atoms with E-state index in [4.69, 9.17) is 16.3 Å². The van der Waals surface area contributed by atoms with Gasteiger partial charge < -0.3 is 4.74 Å². The summed E-state index contributed by atoms with van der Waals surface area (Å²) in [6.45, 7) is 2.67. The minimum atomic E-state index is 0.257. The topological polar surface area (TPSA) is 21.6 Å². The second-order valence-electron chi connectivity index (χ2n) is 3.80. The van der Waals surface area contributed by atoms with Gasteiger partial charge in [0.1, 0.15) is 6.61 Å². The predicted molar refractivity (Wildman–Crippen MR) is 70.6 cm³/mol. The lowest BCUT2D eigenvalue weighted by atomic mass is 10.1. The SMILES string of the molecule is CSC[C@H](C)N=C1OCc2cccc(Cl)c21. The predicted octanol–water partition coefficient (Wildman–Crippen LogP) is 3.37. The molecular weight excluding hydrogens is 242 g/mol. The van der Waals surface area contributed by atoms with Crippen molar-refractivity contribution in [2.45, 2.75) is 19.6 Å². The molecule has 1 aromatic rings. The van der Waals surface area contributed by atoms with E-state index < -0.39 is 0 Å². The fourth-order valence-corrected chi connectivity index (χ4v) is 2.56. The number of hydrogen-bond acceptors (Lipinski definition) is 3. The van der Waals surface area contributed by atoms with Crippen molar-refractivity contribution in [2.75, 3.05) is 12.0 Å². The Labute approximate surface area is 105 Å². The molecular formula is C12H14ClNOS. The van der Waals surface area contributed by atoms with Crippen LogP contribution in [0.5, 0.6) is 0 Å². The van der Waals surface area contributed by atoms with E-state index in [1.807, 2.05) is 18.2 Å². The van der Waals surface area contributed by atoms with Crippen molar-refractivity contribution in [3.8, 4) is 0 Å². The monoisotopic (exact) mass is 255 g/mol. The third-order valence-electron chi connectivity index (χ3n) is 2.42. The summed E-state index contributed by atoms with van der Waals surface area (Å²) in [5, 5.41) is 0.727. The second kappa shape index (κ2) is 5.11. The number of hydrogen-bond donors (Lipinski definition) is 0. The summed E-state index contributed by atoms with van der Waals surface area (Å²) in [5.41, 5.74) is 2.10. The normalized spacial score (nSPS) is 18.3. The molecule has 4 heteroatoms. The highest BCUT2D eigenvalue weighted by Crippen LogP contribution is 2.28. The van der Waals surface area contributed by atoms with Gasteiger partial charge in [-0.25, -0.2) is 4.99 Å². The van der Waals surface area contributed by atoms with Crippen molar-refractivity contribution in [1.29, 1.82) is 0 Å². The van der Waals surface area contributed by atoms with Crippen LogP contribution in [-0.4, -0.2) is 23.9 Å². The van der Waals surface area contributed by atoms with E-state index in [1.165, 1.54) is 0 Å². The first kappa shape index (κ1) is 11.8. The molecule has 1 atom stereocenters. The molecule has 0 bridgehead atoms. The number of rotatable bonds is 3. The Morgan fingerprint density at radius 1 is 1.56 bits per heavy atom. The van der Waals surface area contributed by atoms with Gasteiger partial charge in [0.05, 0.1) is 16.6 Å². The summed E-state index contributed by atoms with van der Waals surface area (Å²) < 4.78 is 5.58. The summed E-state index contributed by atoms with van der Waals surface area (Å²) >= 11 is 7.94. The maximum Gasteiger partial charge on any atom is 0.218 e. The molecule has 16 heavy (non-hydrogen) atoms. The fourth-order valence-electron chi connectivity index (χ4n) is 1.73. The van der Waals surface area contributed by atoms with Gasteiger partial charge in [0.25, 0.3) is 0 Å². The van der Waals surface area contributed by atoms with E-state index >= 15 is 0 Å². The molecule has 0 radical (unpaired) electrons. The Balaban J connectivity index is 2.29. The summed E-state index contributed by atoms with van der Waals surface area (Å²) in [7, 11) is 0. The molecule has 86 valence electrons. The molecule has 1 aromatic carbocycles. The van der Waals surface area contributed by atoms with E-state index in [9.17, 15) is 0 Å². The van der Waals surface area contributed by atoms with Crippen LogP contribution in [0.15, 0.2) is 23.2 Å². The van der Waals surface area contributed by atoms with Gasteiger partial charge >= 0.3 is 0 Å². The van der Waals surface area contributed by atoms with Gasteiger partial charge in [-0.15, -0.1) is 0 Å². The fraction of sp³-hybridized carbons (Fsp3) is 0.417. The summed E-state index contributed by atoms with van der Waals surface area (Å²) in [6, 6.07) is 6.11. The van der Waals surface area contributed by atoms with Crippen LogP contribution in [0.1, 0.15) is 18.1 Å². The van der Waals surface area contributed by atoms with Gasteiger partial charge in [-0.1, -0.05) is 23.7 Å². The lowest BCUT2D eigenvalue weighted by molar-refractivity contribution is 0.310. The minimum Gasteiger partial charge on any atom is -0.473 e. The first-order chi connectivity index (χ1) is 7.72. The largest absolute Gasteiger partial charge is 0.473 e. The molecule has 1 aliphatic heterocycles. The second-order valence-corrected chi connectivity index (χ2v) is 5.12. The van der Waals surface area contributed by atoms with Gasteiger partial charge in [0.15, 0.2) is 0 Å². The van der Waals surface area contributed by atoms with Crippen molar-refractivity contribution >= 4 is 29.3 Å². The molecule has 0 aromatic heterocycles. The lowest BCUT2D eigenvalue weighted by Gasteiger charge is -2.06. The Bertz CT molecular complexity index is 419. The van der Waals surface area contributed by atoms with Crippen LogP contribution >= 0.6 is 23.4 Å². The van der Waals surface area contributed by atoms with Gasteiger partial charge in [0, 0.05) is 11.3 Å². The highest BCUT2D eigenvalue weighted by molar-refractivity contribution is 7.98. The summed E-state index contributed by atoms with van der Waals surface area (Å²) in [6.07, 6.45) is 2.08.